The number of aliphatic hydroxyl groups excluding tert-OH is 1. The molecular weight excluding hydrogens is 304 g/mol. The molecule has 0 aromatic carbocycles. The topological polar surface area (TPSA) is 71.4 Å². The molecule has 4 aliphatic rings. The lowest BCUT2D eigenvalue weighted by molar-refractivity contribution is -0.149. The quantitative estimate of drug-likeness (QED) is 0.789. The van der Waals surface area contributed by atoms with Crippen LogP contribution in [0.4, 0.5) is 0 Å². The Morgan fingerprint density at radius 3 is 2.58 bits per heavy atom. The molecule has 132 valence electrons. The first-order valence-electron chi connectivity index (χ1n) is 9.68. The summed E-state index contributed by atoms with van der Waals surface area (Å²) in [6, 6.07) is 0. The standard InChI is InChI=1S/C20H28O4/c1-20-9-8-12-11-4-7-17(22)19(24)14(11)3-2-13(12)15(20)5-6-16(20)18(23)10-21/h11-16,21H,2-10H2,1H3/t11-,12-,13-,14?,15+,16-,20+/m1/s1. The van der Waals surface area contributed by atoms with Crippen LogP contribution in [0.15, 0.2) is 0 Å². The van der Waals surface area contributed by atoms with E-state index in [-0.39, 0.29) is 41.2 Å². The number of hydrogen-bond donors (Lipinski definition) is 1. The number of carbonyl (C=O) groups is 3. The second-order valence-corrected chi connectivity index (χ2v) is 8.91. The third-order valence-electron chi connectivity index (χ3n) is 8.23. The highest BCUT2D eigenvalue weighted by molar-refractivity contribution is 6.38. The van der Waals surface area contributed by atoms with E-state index in [1.54, 1.807) is 0 Å². The molecule has 4 aliphatic carbocycles. The van der Waals surface area contributed by atoms with Crippen molar-refractivity contribution in [2.75, 3.05) is 6.61 Å². The van der Waals surface area contributed by atoms with Gasteiger partial charge in [0.2, 0.25) is 5.78 Å². The van der Waals surface area contributed by atoms with Gasteiger partial charge in [0.05, 0.1) is 0 Å². The van der Waals surface area contributed by atoms with Crippen LogP contribution < -0.4 is 0 Å². The van der Waals surface area contributed by atoms with Gasteiger partial charge in [-0.2, -0.15) is 0 Å². The second kappa shape index (κ2) is 5.76. The van der Waals surface area contributed by atoms with Crippen molar-refractivity contribution < 1.29 is 19.5 Å². The van der Waals surface area contributed by atoms with Gasteiger partial charge in [-0.05, 0) is 74.0 Å². The maximum atomic E-state index is 12.3. The van der Waals surface area contributed by atoms with E-state index in [1.807, 2.05) is 0 Å². The lowest BCUT2D eigenvalue weighted by Crippen LogP contribution is -2.51. The first-order chi connectivity index (χ1) is 11.5. The molecule has 0 aromatic rings. The number of fused-ring (bicyclic) bond motifs is 5. The predicted octanol–water partition coefficient (Wildman–Crippen LogP) is 2.56. The smallest absolute Gasteiger partial charge is 0.201 e. The number of carbonyl (C=O) groups excluding carboxylic acids is 3. The van der Waals surface area contributed by atoms with Crippen molar-refractivity contribution >= 4 is 17.3 Å². The van der Waals surface area contributed by atoms with Gasteiger partial charge in [-0.1, -0.05) is 6.92 Å². The summed E-state index contributed by atoms with van der Waals surface area (Å²) < 4.78 is 0. The fraction of sp³-hybridized carbons (Fsp3) is 0.850. The van der Waals surface area contributed by atoms with Crippen molar-refractivity contribution in [3.63, 3.8) is 0 Å². The lowest BCUT2D eigenvalue weighted by atomic mass is 9.49. The molecule has 0 radical (unpaired) electrons. The summed E-state index contributed by atoms with van der Waals surface area (Å²) in [7, 11) is 0. The van der Waals surface area contributed by atoms with Gasteiger partial charge in [-0.3, -0.25) is 14.4 Å². The molecule has 0 aromatic heterocycles. The summed E-state index contributed by atoms with van der Waals surface area (Å²) in [6.45, 7) is 1.93. The minimum absolute atomic E-state index is 0.0146. The normalized spacial score (nSPS) is 47.8. The van der Waals surface area contributed by atoms with E-state index >= 15 is 0 Å². The van der Waals surface area contributed by atoms with Crippen molar-refractivity contribution in [1.82, 2.24) is 0 Å². The average Bonchev–Trinajstić information content (AvgIpc) is 2.94. The lowest BCUT2D eigenvalue weighted by Gasteiger charge is -2.55. The number of rotatable bonds is 2. The number of aliphatic hydroxyl groups is 1. The van der Waals surface area contributed by atoms with E-state index in [0.29, 0.717) is 30.1 Å². The van der Waals surface area contributed by atoms with E-state index in [2.05, 4.69) is 6.92 Å². The van der Waals surface area contributed by atoms with Gasteiger partial charge in [0.15, 0.2) is 11.6 Å². The van der Waals surface area contributed by atoms with Gasteiger partial charge in [-0.25, -0.2) is 0 Å². The summed E-state index contributed by atoms with van der Waals surface area (Å²) in [6.07, 6.45) is 7.33. The predicted molar refractivity (Wildman–Crippen MR) is 88.1 cm³/mol. The van der Waals surface area contributed by atoms with E-state index in [1.165, 1.54) is 0 Å². The van der Waals surface area contributed by atoms with Gasteiger partial charge in [0.1, 0.15) is 6.61 Å². The Bertz CT molecular complexity index is 582. The first kappa shape index (κ1) is 16.4. The minimum atomic E-state index is -0.331. The van der Waals surface area contributed by atoms with Gasteiger partial charge in [-0.15, -0.1) is 0 Å². The largest absolute Gasteiger partial charge is 0.389 e. The molecule has 7 atom stereocenters. The molecule has 24 heavy (non-hydrogen) atoms. The average molecular weight is 332 g/mol. The van der Waals surface area contributed by atoms with Crippen LogP contribution in [-0.2, 0) is 14.4 Å². The Balaban J connectivity index is 1.58. The van der Waals surface area contributed by atoms with Gasteiger partial charge >= 0.3 is 0 Å². The summed E-state index contributed by atoms with van der Waals surface area (Å²) in [5, 5.41) is 9.32. The van der Waals surface area contributed by atoms with Crippen molar-refractivity contribution in [3.05, 3.63) is 0 Å². The van der Waals surface area contributed by atoms with E-state index in [9.17, 15) is 19.5 Å². The molecule has 0 heterocycles. The molecule has 4 fully saturated rings. The Morgan fingerprint density at radius 2 is 1.83 bits per heavy atom. The first-order valence-corrected chi connectivity index (χ1v) is 9.68. The van der Waals surface area contributed by atoms with E-state index in [4.69, 9.17) is 0 Å². The molecule has 4 saturated carbocycles. The molecule has 0 bridgehead atoms. The molecule has 0 saturated heterocycles. The summed E-state index contributed by atoms with van der Waals surface area (Å²) >= 11 is 0. The van der Waals surface area contributed by atoms with Crippen molar-refractivity contribution in [1.29, 1.82) is 0 Å². The molecule has 0 aliphatic heterocycles. The molecule has 4 heteroatoms. The van der Waals surface area contributed by atoms with Gasteiger partial charge < -0.3 is 5.11 Å². The van der Waals surface area contributed by atoms with E-state index < -0.39 is 0 Å². The second-order valence-electron chi connectivity index (χ2n) is 8.91. The van der Waals surface area contributed by atoms with Crippen LogP contribution in [0.3, 0.4) is 0 Å². The number of Topliss-reactive ketones (excluding diaryl/α,β-unsaturated/α-hetero) is 3. The summed E-state index contributed by atoms with van der Waals surface area (Å²) in [4.78, 5) is 36.3. The zero-order chi connectivity index (χ0) is 17.1. The van der Waals surface area contributed by atoms with Crippen molar-refractivity contribution in [3.8, 4) is 0 Å². The highest BCUT2D eigenvalue weighted by atomic mass is 16.3. The highest BCUT2D eigenvalue weighted by Crippen LogP contribution is 2.63. The maximum absolute atomic E-state index is 12.3. The van der Waals surface area contributed by atoms with E-state index in [0.717, 1.165) is 44.9 Å². The highest BCUT2D eigenvalue weighted by Gasteiger charge is 2.59. The Hall–Kier alpha value is -1.03. The minimum Gasteiger partial charge on any atom is -0.389 e. The zero-order valence-corrected chi connectivity index (χ0v) is 14.5. The molecule has 0 spiro atoms. The Labute approximate surface area is 143 Å². The Kier molecular flexibility index (Phi) is 3.94. The third kappa shape index (κ3) is 2.18. The SMILES string of the molecule is C[C@]12CC[C@H]3[C@@H](CCC4C(=O)C(=O)CC[C@@H]43)[C@@H]1CC[C@@H]2C(=O)CO. The van der Waals surface area contributed by atoms with Crippen LogP contribution in [0, 0.1) is 40.9 Å². The fourth-order valence-electron chi connectivity index (χ4n) is 7.16. The third-order valence-corrected chi connectivity index (χ3v) is 8.23. The monoisotopic (exact) mass is 332 g/mol. The molecule has 4 nitrogen and oxygen atoms in total. The molecular formula is C20H28O4. The summed E-state index contributed by atoms with van der Waals surface area (Å²) in [5.74, 6) is 1.86. The van der Waals surface area contributed by atoms with Crippen LogP contribution in [0.1, 0.15) is 58.3 Å². The number of ketones is 3. The zero-order valence-electron chi connectivity index (χ0n) is 14.5. The van der Waals surface area contributed by atoms with Crippen LogP contribution in [0.2, 0.25) is 0 Å². The fourth-order valence-corrected chi connectivity index (χ4v) is 7.16. The molecule has 4 rings (SSSR count). The Morgan fingerprint density at radius 1 is 1.04 bits per heavy atom. The molecule has 0 amide bonds. The van der Waals surface area contributed by atoms with Crippen molar-refractivity contribution in [2.45, 2.75) is 58.3 Å². The van der Waals surface area contributed by atoms with Crippen LogP contribution >= 0.6 is 0 Å². The number of hydrogen-bond acceptors (Lipinski definition) is 4. The van der Waals surface area contributed by atoms with Gasteiger partial charge in [0.25, 0.3) is 0 Å². The molecule has 1 unspecified atom stereocenters. The van der Waals surface area contributed by atoms with Crippen LogP contribution in [0.5, 0.6) is 0 Å². The maximum Gasteiger partial charge on any atom is 0.201 e. The van der Waals surface area contributed by atoms with Crippen LogP contribution in [0.25, 0.3) is 0 Å². The molecule has 1 N–H and O–H groups in total. The van der Waals surface area contributed by atoms with Crippen LogP contribution in [-0.4, -0.2) is 29.1 Å². The van der Waals surface area contributed by atoms with Gasteiger partial charge in [0, 0.05) is 18.3 Å². The van der Waals surface area contributed by atoms with Crippen molar-refractivity contribution in [2.24, 2.45) is 40.9 Å². The summed E-state index contributed by atoms with van der Waals surface area (Å²) in [5.41, 5.74) is 0.0301.